The molecule has 0 radical (unpaired) electrons. The number of amides is 2. The molecule has 0 fully saturated rings. The van der Waals surface area contributed by atoms with Gasteiger partial charge in [0.05, 0.1) is 6.54 Å². The standard InChI is InChI=1S/C33H39ClN2O5/c1-5-40-31(41-6-2)21-35(22(3)4)32(37)30(19-23-12-11-13-24(34)18-23)36(33(38)39)20-29-27-16-9-7-14-25(27)26-15-8-10-17-28(26)29/h7-18,22,29-31H,5-6,19-21H2,1-4H3,(H,38,39). The Balaban J connectivity index is 1.74. The minimum absolute atomic E-state index is 0.132. The van der Waals surface area contributed by atoms with Gasteiger partial charge in [-0.05, 0) is 67.6 Å². The molecule has 1 aliphatic rings. The fraction of sp³-hybridized carbons (Fsp3) is 0.394. The molecule has 1 atom stereocenters. The van der Waals surface area contributed by atoms with Crippen LogP contribution in [-0.2, 0) is 20.7 Å². The van der Waals surface area contributed by atoms with Crippen LogP contribution in [0.1, 0.15) is 50.3 Å². The molecule has 218 valence electrons. The smallest absolute Gasteiger partial charge is 0.408 e. The van der Waals surface area contributed by atoms with Crippen LogP contribution in [0.4, 0.5) is 4.79 Å². The summed E-state index contributed by atoms with van der Waals surface area (Å²) in [4.78, 5) is 30.4. The maximum absolute atomic E-state index is 14.4. The number of fused-ring (bicyclic) bond motifs is 3. The van der Waals surface area contributed by atoms with Crippen molar-refractivity contribution in [3.63, 3.8) is 0 Å². The van der Waals surface area contributed by atoms with Crippen molar-refractivity contribution in [3.05, 3.63) is 94.5 Å². The zero-order valence-electron chi connectivity index (χ0n) is 24.1. The van der Waals surface area contributed by atoms with E-state index >= 15 is 0 Å². The van der Waals surface area contributed by atoms with Gasteiger partial charge in [-0.1, -0.05) is 72.3 Å². The summed E-state index contributed by atoms with van der Waals surface area (Å²) in [6.07, 6.45) is -1.59. The average Bonchev–Trinajstić information content (AvgIpc) is 3.26. The van der Waals surface area contributed by atoms with E-state index in [1.54, 1.807) is 17.0 Å². The van der Waals surface area contributed by atoms with Crippen molar-refractivity contribution in [2.45, 2.75) is 58.4 Å². The van der Waals surface area contributed by atoms with Gasteiger partial charge in [0.2, 0.25) is 5.91 Å². The van der Waals surface area contributed by atoms with Crippen LogP contribution in [0.5, 0.6) is 0 Å². The highest BCUT2D eigenvalue weighted by atomic mass is 35.5. The van der Waals surface area contributed by atoms with Gasteiger partial charge in [-0.15, -0.1) is 0 Å². The Morgan fingerprint density at radius 2 is 1.46 bits per heavy atom. The molecule has 41 heavy (non-hydrogen) atoms. The number of carbonyl (C=O) groups is 2. The third-order valence-corrected chi connectivity index (χ3v) is 7.76. The topological polar surface area (TPSA) is 79.3 Å². The number of ether oxygens (including phenoxy) is 2. The molecule has 0 heterocycles. The Morgan fingerprint density at radius 1 is 0.878 bits per heavy atom. The van der Waals surface area contributed by atoms with Crippen molar-refractivity contribution in [1.29, 1.82) is 0 Å². The molecule has 8 heteroatoms. The molecule has 3 aromatic rings. The van der Waals surface area contributed by atoms with Crippen LogP contribution in [-0.4, -0.2) is 71.6 Å². The second-order valence-corrected chi connectivity index (χ2v) is 10.9. The second-order valence-electron chi connectivity index (χ2n) is 10.4. The minimum Gasteiger partial charge on any atom is -0.465 e. The van der Waals surface area contributed by atoms with E-state index in [0.717, 1.165) is 27.8 Å². The molecular weight excluding hydrogens is 540 g/mol. The quantitative estimate of drug-likeness (QED) is 0.229. The summed E-state index contributed by atoms with van der Waals surface area (Å²) in [5.74, 6) is -0.508. The molecule has 0 saturated carbocycles. The van der Waals surface area contributed by atoms with Crippen molar-refractivity contribution in [2.75, 3.05) is 26.3 Å². The van der Waals surface area contributed by atoms with E-state index in [4.69, 9.17) is 21.1 Å². The summed E-state index contributed by atoms with van der Waals surface area (Å²) in [5.41, 5.74) is 5.08. The number of carbonyl (C=O) groups excluding carboxylic acids is 1. The van der Waals surface area contributed by atoms with Gasteiger partial charge >= 0.3 is 6.09 Å². The van der Waals surface area contributed by atoms with Gasteiger partial charge < -0.3 is 19.5 Å². The molecule has 1 N–H and O–H groups in total. The first-order valence-electron chi connectivity index (χ1n) is 14.2. The van der Waals surface area contributed by atoms with Crippen LogP contribution >= 0.6 is 11.6 Å². The Labute approximate surface area is 247 Å². The summed E-state index contributed by atoms with van der Waals surface area (Å²) in [5, 5.41) is 11.2. The van der Waals surface area contributed by atoms with Gasteiger partial charge in [-0.25, -0.2) is 4.79 Å². The van der Waals surface area contributed by atoms with Crippen molar-refractivity contribution in [1.82, 2.24) is 9.80 Å². The highest BCUT2D eigenvalue weighted by Gasteiger charge is 2.39. The van der Waals surface area contributed by atoms with Gasteiger partial charge in [-0.3, -0.25) is 9.69 Å². The van der Waals surface area contributed by atoms with Crippen LogP contribution in [0, 0.1) is 0 Å². The first-order chi connectivity index (χ1) is 19.7. The van der Waals surface area contributed by atoms with E-state index in [1.165, 1.54) is 4.90 Å². The molecule has 0 saturated heterocycles. The van der Waals surface area contributed by atoms with E-state index in [-0.39, 0.29) is 37.4 Å². The fourth-order valence-corrected chi connectivity index (χ4v) is 5.86. The second kappa shape index (κ2) is 14.0. The lowest BCUT2D eigenvalue weighted by atomic mass is 9.94. The Bertz CT molecular complexity index is 1290. The normalized spacial score (nSPS) is 13.2. The monoisotopic (exact) mass is 578 g/mol. The predicted octanol–water partition coefficient (Wildman–Crippen LogP) is 6.68. The highest BCUT2D eigenvalue weighted by Crippen LogP contribution is 2.45. The molecule has 0 bridgehead atoms. The van der Waals surface area contributed by atoms with Gasteiger partial charge in [0.25, 0.3) is 0 Å². The Hall–Kier alpha value is -3.39. The van der Waals surface area contributed by atoms with Crippen LogP contribution in [0.3, 0.4) is 0 Å². The Morgan fingerprint density at radius 3 is 1.98 bits per heavy atom. The number of hydrogen-bond donors (Lipinski definition) is 1. The molecule has 3 aromatic carbocycles. The zero-order valence-corrected chi connectivity index (χ0v) is 24.9. The lowest BCUT2D eigenvalue weighted by Crippen LogP contribution is -2.56. The summed E-state index contributed by atoms with van der Waals surface area (Å²) in [7, 11) is 0. The first-order valence-corrected chi connectivity index (χ1v) is 14.6. The fourth-order valence-electron chi connectivity index (χ4n) is 5.64. The van der Waals surface area contributed by atoms with Crippen molar-refractivity contribution in [2.24, 2.45) is 0 Å². The van der Waals surface area contributed by atoms with E-state index in [1.807, 2.05) is 76.2 Å². The van der Waals surface area contributed by atoms with Crippen LogP contribution < -0.4 is 0 Å². The lowest BCUT2D eigenvalue weighted by Gasteiger charge is -2.37. The van der Waals surface area contributed by atoms with Gasteiger partial charge in [0, 0.05) is 43.2 Å². The maximum Gasteiger partial charge on any atom is 0.408 e. The summed E-state index contributed by atoms with van der Waals surface area (Å²) in [6.45, 7) is 8.75. The molecule has 0 spiro atoms. The zero-order chi connectivity index (χ0) is 29.5. The maximum atomic E-state index is 14.4. The van der Waals surface area contributed by atoms with Crippen LogP contribution in [0.15, 0.2) is 72.8 Å². The largest absolute Gasteiger partial charge is 0.465 e. The highest BCUT2D eigenvalue weighted by molar-refractivity contribution is 6.30. The molecule has 1 unspecified atom stereocenters. The van der Waals surface area contributed by atoms with E-state index in [0.29, 0.717) is 18.2 Å². The third kappa shape index (κ3) is 7.10. The number of hydrogen-bond acceptors (Lipinski definition) is 4. The van der Waals surface area contributed by atoms with Crippen molar-refractivity contribution < 1.29 is 24.2 Å². The number of benzene rings is 3. The number of halogens is 1. The van der Waals surface area contributed by atoms with Crippen LogP contribution in [0.25, 0.3) is 11.1 Å². The van der Waals surface area contributed by atoms with Crippen molar-refractivity contribution in [3.8, 4) is 11.1 Å². The average molecular weight is 579 g/mol. The molecule has 1 aliphatic carbocycles. The first kappa shape index (κ1) is 30.6. The minimum atomic E-state index is -1.15. The number of rotatable bonds is 13. The third-order valence-electron chi connectivity index (χ3n) is 7.52. The molecule has 4 rings (SSSR count). The summed E-state index contributed by atoms with van der Waals surface area (Å²) >= 11 is 6.29. The van der Waals surface area contributed by atoms with Crippen LogP contribution in [0.2, 0.25) is 5.02 Å². The van der Waals surface area contributed by atoms with Gasteiger partial charge in [0.1, 0.15) is 6.04 Å². The number of carboxylic acid groups (broad SMARTS) is 1. The predicted molar refractivity (Wildman–Crippen MR) is 161 cm³/mol. The van der Waals surface area contributed by atoms with Gasteiger partial charge in [-0.2, -0.15) is 0 Å². The van der Waals surface area contributed by atoms with Crippen molar-refractivity contribution >= 4 is 23.6 Å². The molecule has 0 aliphatic heterocycles. The molecule has 2 amide bonds. The van der Waals surface area contributed by atoms with E-state index < -0.39 is 18.4 Å². The SMILES string of the molecule is CCOC(CN(C(=O)C(Cc1cccc(Cl)c1)N(CC1c2ccccc2-c2ccccc21)C(=O)O)C(C)C)OCC. The Kier molecular flexibility index (Phi) is 10.4. The number of nitrogens with zero attached hydrogens (tertiary/aromatic N) is 2. The molecule has 7 nitrogen and oxygen atoms in total. The molecular formula is C33H39ClN2O5. The summed E-state index contributed by atoms with van der Waals surface area (Å²) in [6, 6.07) is 22.2. The van der Waals surface area contributed by atoms with E-state index in [2.05, 4.69) is 12.1 Å². The summed E-state index contributed by atoms with van der Waals surface area (Å²) < 4.78 is 11.5. The van der Waals surface area contributed by atoms with E-state index in [9.17, 15) is 14.7 Å². The van der Waals surface area contributed by atoms with Gasteiger partial charge in [0.15, 0.2) is 6.29 Å². The lowest BCUT2D eigenvalue weighted by molar-refractivity contribution is -0.164. The molecule has 0 aromatic heterocycles.